The van der Waals surface area contributed by atoms with Gasteiger partial charge in [0.05, 0.1) is 24.6 Å². The van der Waals surface area contributed by atoms with E-state index in [-0.39, 0.29) is 6.10 Å². The van der Waals surface area contributed by atoms with E-state index in [9.17, 15) is 0 Å². The molecule has 3 rings (SSSR count). The summed E-state index contributed by atoms with van der Waals surface area (Å²) in [5.41, 5.74) is 3.62. The molecule has 0 N–H and O–H groups in total. The first-order valence-corrected chi connectivity index (χ1v) is 8.86. The zero-order valence-electron chi connectivity index (χ0n) is 14.9. The Morgan fingerprint density at radius 2 is 2.08 bits per heavy atom. The van der Waals surface area contributed by atoms with E-state index >= 15 is 0 Å². The standard InChI is InChI=1S/C20H27N3O/c1-15(2)20-7-6-18(13-22-20)23-9-10-24-19(14-23)11-16(3)17-5-4-8-21-12-17/h4-8,12-13,15-16,19H,9-11,14H2,1-3H3. The molecule has 0 amide bonds. The van der Waals surface area contributed by atoms with E-state index in [1.807, 2.05) is 24.7 Å². The minimum Gasteiger partial charge on any atom is -0.375 e. The molecule has 0 spiro atoms. The van der Waals surface area contributed by atoms with Gasteiger partial charge in [0, 0.05) is 31.2 Å². The van der Waals surface area contributed by atoms with Crippen molar-refractivity contribution in [1.29, 1.82) is 0 Å². The van der Waals surface area contributed by atoms with E-state index < -0.39 is 0 Å². The lowest BCUT2D eigenvalue weighted by Crippen LogP contribution is -2.43. The maximum atomic E-state index is 6.00. The Morgan fingerprint density at radius 3 is 2.75 bits per heavy atom. The van der Waals surface area contributed by atoms with Crippen molar-refractivity contribution in [2.45, 2.75) is 45.1 Å². The maximum Gasteiger partial charge on any atom is 0.0756 e. The van der Waals surface area contributed by atoms with Crippen LogP contribution in [0.25, 0.3) is 0 Å². The van der Waals surface area contributed by atoms with Gasteiger partial charge in [-0.3, -0.25) is 9.97 Å². The molecule has 2 atom stereocenters. The van der Waals surface area contributed by atoms with Crippen LogP contribution in [0.3, 0.4) is 0 Å². The molecular formula is C20H27N3O. The van der Waals surface area contributed by atoms with Crippen molar-refractivity contribution in [3.8, 4) is 0 Å². The van der Waals surface area contributed by atoms with Crippen molar-refractivity contribution in [2.75, 3.05) is 24.6 Å². The van der Waals surface area contributed by atoms with Crippen LogP contribution in [-0.2, 0) is 4.74 Å². The molecule has 24 heavy (non-hydrogen) atoms. The molecule has 2 aromatic rings. The topological polar surface area (TPSA) is 38.2 Å². The molecule has 0 aromatic carbocycles. The lowest BCUT2D eigenvalue weighted by Gasteiger charge is -2.35. The number of pyridine rings is 2. The van der Waals surface area contributed by atoms with Crippen molar-refractivity contribution in [3.63, 3.8) is 0 Å². The molecular weight excluding hydrogens is 298 g/mol. The first kappa shape index (κ1) is 16.9. The lowest BCUT2D eigenvalue weighted by molar-refractivity contribution is 0.0316. The van der Waals surface area contributed by atoms with Crippen LogP contribution >= 0.6 is 0 Å². The van der Waals surface area contributed by atoms with Gasteiger partial charge in [0.15, 0.2) is 0 Å². The molecule has 0 aliphatic carbocycles. The number of hydrogen-bond acceptors (Lipinski definition) is 4. The normalized spacial score (nSPS) is 19.5. The van der Waals surface area contributed by atoms with Crippen molar-refractivity contribution >= 4 is 5.69 Å². The van der Waals surface area contributed by atoms with Crippen LogP contribution in [0.15, 0.2) is 42.9 Å². The van der Waals surface area contributed by atoms with Crippen LogP contribution in [0.2, 0.25) is 0 Å². The van der Waals surface area contributed by atoms with Gasteiger partial charge in [-0.25, -0.2) is 0 Å². The summed E-state index contributed by atoms with van der Waals surface area (Å²) in [6, 6.07) is 8.48. The predicted octanol–water partition coefficient (Wildman–Crippen LogP) is 4.00. The number of morpholine rings is 1. The van der Waals surface area contributed by atoms with Crippen LogP contribution in [0, 0.1) is 0 Å². The Balaban J connectivity index is 1.61. The van der Waals surface area contributed by atoms with E-state index in [0.717, 1.165) is 31.8 Å². The van der Waals surface area contributed by atoms with Crippen LogP contribution in [0.1, 0.15) is 50.3 Å². The van der Waals surface area contributed by atoms with Gasteiger partial charge in [0.1, 0.15) is 0 Å². The van der Waals surface area contributed by atoms with E-state index in [2.05, 4.69) is 53.8 Å². The minimum absolute atomic E-state index is 0.249. The van der Waals surface area contributed by atoms with Crippen LogP contribution < -0.4 is 4.90 Å². The summed E-state index contributed by atoms with van der Waals surface area (Å²) in [5, 5.41) is 0. The third kappa shape index (κ3) is 4.12. The highest BCUT2D eigenvalue weighted by Gasteiger charge is 2.23. The highest BCUT2D eigenvalue weighted by molar-refractivity contribution is 5.45. The number of aromatic nitrogens is 2. The number of rotatable bonds is 5. The molecule has 128 valence electrons. The lowest BCUT2D eigenvalue weighted by atomic mass is 9.95. The first-order valence-electron chi connectivity index (χ1n) is 8.86. The second-order valence-corrected chi connectivity index (χ2v) is 6.96. The summed E-state index contributed by atoms with van der Waals surface area (Å²) in [5.74, 6) is 0.918. The average Bonchev–Trinajstić information content (AvgIpc) is 2.63. The molecule has 3 heterocycles. The maximum absolute atomic E-state index is 6.00. The molecule has 1 fully saturated rings. The minimum atomic E-state index is 0.249. The van der Waals surface area contributed by atoms with Crippen LogP contribution in [0.4, 0.5) is 5.69 Å². The third-order valence-corrected chi connectivity index (χ3v) is 4.74. The predicted molar refractivity (Wildman–Crippen MR) is 97.5 cm³/mol. The molecule has 0 radical (unpaired) electrons. The Hall–Kier alpha value is -1.94. The van der Waals surface area contributed by atoms with E-state index in [4.69, 9.17) is 4.74 Å². The molecule has 1 aliphatic heterocycles. The molecule has 2 aromatic heterocycles. The average molecular weight is 325 g/mol. The fraction of sp³-hybridized carbons (Fsp3) is 0.500. The van der Waals surface area contributed by atoms with Crippen molar-refractivity contribution in [2.24, 2.45) is 0 Å². The summed E-state index contributed by atoms with van der Waals surface area (Å²) in [7, 11) is 0. The number of anilines is 1. The monoisotopic (exact) mass is 325 g/mol. The molecule has 4 nitrogen and oxygen atoms in total. The van der Waals surface area contributed by atoms with Gasteiger partial charge in [-0.2, -0.15) is 0 Å². The van der Waals surface area contributed by atoms with E-state index in [1.54, 1.807) is 0 Å². The van der Waals surface area contributed by atoms with Gasteiger partial charge >= 0.3 is 0 Å². The van der Waals surface area contributed by atoms with Gasteiger partial charge in [-0.05, 0) is 42.0 Å². The van der Waals surface area contributed by atoms with Gasteiger partial charge in [-0.1, -0.05) is 26.8 Å². The molecule has 4 heteroatoms. The van der Waals surface area contributed by atoms with Crippen LogP contribution in [-0.4, -0.2) is 35.8 Å². The van der Waals surface area contributed by atoms with E-state index in [0.29, 0.717) is 11.8 Å². The van der Waals surface area contributed by atoms with E-state index in [1.165, 1.54) is 11.3 Å². The smallest absolute Gasteiger partial charge is 0.0756 e. The second kappa shape index (κ2) is 7.75. The van der Waals surface area contributed by atoms with Crippen molar-refractivity contribution in [3.05, 3.63) is 54.1 Å². The molecule has 0 saturated carbocycles. The molecule has 1 saturated heterocycles. The summed E-state index contributed by atoms with van der Waals surface area (Å²) in [6.07, 6.45) is 7.05. The second-order valence-electron chi connectivity index (χ2n) is 6.96. The first-order chi connectivity index (χ1) is 11.6. The molecule has 0 bridgehead atoms. The van der Waals surface area contributed by atoms with Gasteiger partial charge in [0.2, 0.25) is 0 Å². The zero-order chi connectivity index (χ0) is 16.9. The summed E-state index contributed by atoms with van der Waals surface area (Å²) < 4.78 is 6.00. The fourth-order valence-electron chi connectivity index (χ4n) is 3.22. The Bertz CT molecular complexity index is 627. The Labute approximate surface area is 144 Å². The number of ether oxygens (including phenoxy) is 1. The summed E-state index contributed by atoms with van der Waals surface area (Å²) >= 11 is 0. The third-order valence-electron chi connectivity index (χ3n) is 4.74. The largest absolute Gasteiger partial charge is 0.375 e. The van der Waals surface area contributed by atoms with Crippen LogP contribution in [0.5, 0.6) is 0 Å². The molecule has 1 aliphatic rings. The van der Waals surface area contributed by atoms with Crippen molar-refractivity contribution < 1.29 is 4.74 Å². The molecule has 2 unspecified atom stereocenters. The zero-order valence-corrected chi connectivity index (χ0v) is 14.9. The quantitative estimate of drug-likeness (QED) is 0.833. The highest BCUT2D eigenvalue weighted by atomic mass is 16.5. The van der Waals surface area contributed by atoms with Gasteiger partial charge in [-0.15, -0.1) is 0 Å². The highest BCUT2D eigenvalue weighted by Crippen LogP contribution is 2.25. The summed E-state index contributed by atoms with van der Waals surface area (Å²) in [6.45, 7) is 9.22. The number of nitrogens with zero attached hydrogens (tertiary/aromatic N) is 3. The number of hydrogen-bond donors (Lipinski definition) is 0. The fourth-order valence-corrected chi connectivity index (χ4v) is 3.22. The SMILES string of the molecule is CC(C)c1ccc(N2CCOC(CC(C)c3cccnc3)C2)cn1. The van der Waals surface area contributed by atoms with Crippen molar-refractivity contribution in [1.82, 2.24) is 9.97 Å². The van der Waals surface area contributed by atoms with Gasteiger partial charge < -0.3 is 9.64 Å². The Morgan fingerprint density at radius 1 is 1.21 bits per heavy atom. The summed E-state index contributed by atoms with van der Waals surface area (Å²) in [4.78, 5) is 11.2. The van der Waals surface area contributed by atoms with Gasteiger partial charge in [0.25, 0.3) is 0 Å². The Kier molecular flexibility index (Phi) is 5.46.